The Kier molecular flexibility index (Phi) is 2.65. The summed E-state index contributed by atoms with van der Waals surface area (Å²) in [6, 6.07) is 31.8. The zero-order chi connectivity index (χ0) is 15.2. The van der Waals surface area contributed by atoms with Gasteiger partial charge in [0.25, 0.3) is 0 Å². The minimum absolute atomic E-state index is 1.02. The Bertz CT molecular complexity index is 1040. The fourth-order valence-electron chi connectivity index (χ4n) is 3.68. The molecule has 0 heterocycles. The molecule has 0 amide bonds. The highest BCUT2D eigenvalue weighted by Gasteiger charge is 2.20. The molecule has 0 atom stereocenters. The van der Waals surface area contributed by atoms with Gasteiger partial charge in [-0.15, -0.1) is 0 Å². The summed E-state index contributed by atoms with van der Waals surface area (Å²) in [7, 11) is 0. The maximum Gasteiger partial charge on any atom is -0.000728 e. The van der Waals surface area contributed by atoms with E-state index in [-0.39, 0.29) is 0 Å². The van der Waals surface area contributed by atoms with Crippen LogP contribution in [0.5, 0.6) is 0 Å². The lowest BCUT2D eigenvalue weighted by atomic mass is 9.94. The maximum absolute atomic E-state index is 3.60. The highest BCUT2D eigenvalue weighted by Crippen LogP contribution is 2.41. The van der Waals surface area contributed by atoms with Crippen molar-refractivity contribution in [1.82, 2.24) is 0 Å². The Hall–Kier alpha value is -2.86. The van der Waals surface area contributed by atoms with Crippen molar-refractivity contribution in [2.24, 2.45) is 0 Å². The molecule has 1 radical (unpaired) electrons. The highest BCUT2D eigenvalue weighted by molar-refractivity contribution is 5.90. The Morgan fingerprint density at radius 2 is 1.39 bits per heavy atom. The lowest BCUT2D eigenvalue weighted by Gasteiger charge is -2.09. The molecule has 4 aromatic rings. The van der Waals surface area contributed by atoms with Crippen LogP contribution in [0.25, 0.3) is 33.0 Å². The summed E-state index contributed by atoms with van der Waals surface area (Å²) in [5, 5.41) is 2.42. The predicted molar refractivity (Wildman–Crippen MR) is 96.5 cm³/mol. The number of hydrogen-bond donors (Lipinski definition) is 0. The first-order valence-corrected chi connectivity index (χ1v) is 8.02. The van der Waals surface area contributed by atoms with E-state index in [1.807, 2.05) is 0 Å². The second kappa shape index (κ2) is 4.82. The quantitative estimate of drug-likeness (QED) is 0.362. The van der Waals surface area contributed by atoms with E-state index in [0.29, 0.717) is 0 Å². The van der Waals surface area contributed by atoms with Crippen LogP contribution < -0.4 is 0 Å². The molecule has 4 aromatic carbocycles. The third-order valence-electron chi connectivity index (χ3n) is 4.80. The van der Waals surface area contributed by atoms with Crippen molar-refractivity contribution in [1.29, 1.82) is 0 Å². The van der Waals surface area contributed by atoms with E-state index in [2.05, 4.69) is 84.9 Å². The Balaban J connectivity index is 1.73. The molecule has 0 fully saturated rings. The molecule has 1 aliphatic carbocycles. The summed E-state index contributed by atoms with van der Waals surface area (Å²) in [5.41, 5.74) is 8.11. The monoisotopic (exact) mass is 291 g/mol. The number of benzene rings is 4. The molecule has 107 valence electrons. The Morgan fingerprint density at radius 3 is 2.39 bits per heavy atom. The van der Waals surface area contributed by atoms with Gasteiger partial charge in [-0.3, -0.25) is 0 Å². The fourth-order valence-corrected chi connectivity index (χ4v) is 3.68. The second-order valence-corrected chi connectivity index (χ2v) is 6.12. The third-order valence-corrected chi connectivity index (χ3v) is 4.80. The Morgan fingerprint density at radius 1 is 0.609 bits per heavy atom. The molecule has 0 aliphatic heterocycles. The van der Waals surface area contributed by atoms with Crippen molar-refractivity contribution in [2.75, 3.05) is 0 Å². The summed E-state index contributed by atoms with van der Waals surface area (Å²) in [5.74, 6) is 0. The molecule has 0 N–H and O–H groups in total. The van der Waals surface area contributed by atoms with Gasteiger partial charge < -0.3 is 0 Å². The van der Waals surface area contributed by atoms with Crippen LogP contribution in [0, 0.1) is 6.07 Å². The Labute approximate surface area is 136 Å². The molecule has 23 heavy (non-hydrogen) atoms. The average Bonchev–Trinajstić information content (AvgIpc) is 3.00. The van der Waals surface area contributed by atoms with Crippen LogP contribution in [-0.4, -0.2) is 0 Å². The van der Waals surface area contributed by atoms with Gasteiger partial charge in [0.05, 0.1) is 0 Å². The molecule has 0 saturated heterocycles. The van der Waals surface area contributed by atoms with Crippen LogP contribution in [0.4, 0.5) is 0 Å². The van der Waals surface area contributed by atoms with E-state index < -0.39 is 0 Å². The van der Waals surface area contributed by atoms with Gasteiger partial charge in [0.2, 0.25) is 0 Å². The van der Waals surface area contributed by atoms with Gasteiger partial charge in [0.15, 0.2) is 0 Å². The second-order valence-electron chi connectivity index (χ2n) is 6.12. The van der Waals surface area contributed by atoms with Crippen molar-refractivity contribution in [2.45, 2.75) is 6.42 Å². The first-order valence-electron chi connectivity index (χ1n) is 8.02. The molecular weight excluding hydrogens is 276 g/mol. The topological polar surface area (TPSA) is 0 Å². The van der Waals surface area contributed by atoms with Crippen LogP contribution >= 0.6 is 0 Å². The van der Waals surface area contributed by atoms with Crippen molar-refractivity contribution >= 4 is 10.8 Å². The third kappa shape index (κ3) is 1.92. The van der Waals surface area contributed by atoms with Crippen molar-refractivity contribution in [3.8, 4) is 22.3 Å². The zero-order valence-corrected chi connectivity index (χ0v) is 12.7. The van der Waals surface area contributed by atoms with Gasteiger partial charge in [-0.1, -0.05) is 78.9 Å². The van der Waals surface area contributed by atoms with E-state index in [9.17, 15) is 0 Å². The van der Waals surface area contributed by atoms with Crippen molar-refractivity contribution in [3.05, 3.63) is 96.1 Å². The molecule has 5 rings (SSSR count). The van der Waals surface area contributed by atoms with Crippen LogP contribution in [0.3, 0.4) is 0 Å². The van der Waals surface area contributed by atoms with Gasteiger partial charge in [0.1, 0.15) is 0 Å². The number of rotatable bonds is 1. The molecule has 0 aromatic heterocycles. The summed E-state index contributed by atoms with van der Waals surface area (Å²) in [6.45, 7) is 0. The average molecular weight is 291 g/mol. The van der Waals surface area contributed by atoms with Crippen molar-refractivity contribution in [3.63, 3.8) is 0 Å². The highest BCUT2D eigenvalue weighted by atomic mass is 14.2. The van der Waals surface area contributed by atoms with Crippen LogP contribution in [-0.2, 0) is 6.42 Å². The normalized spacial score (nSPS) is 12.2. The summed E-state index contributed by atoms with van der Waals surface area (Å²) < 4.78 is 0. The van der Waals surface area contributed by atoms with Crippen LogP contribution in [0.2, 0.25) is 0 Å². The molecule has 0 bridgehead atoms. The van der Waals surface area contributed by atoms with Crippen LogP contribution in [0.1, 0.15) is 11.1 Å². The first kappa shape index (κ1) is 12.7. The van der Waals surface area contributed by atoms with E-state index in [4.69, 9.17) is 0 Å². The smallest absolute Gasteiger partial charge is 0.000728 e. The number of hydrogen-bond acceptors (Lipinski definition) is 0. The summed E-state index contributed by atoms with van der Waals surface area (Å²) in [4.78, 5) is 0. The van der Waals surface area contributed by atoms with Gasteiger partial charge in [-0.25, -0.2) is 0 Å². The van der Waals surface area contributed by atoms with Gasteiger partial charge in [0, 0.05) is 0 Å². The number of fused-ring (bicyclic) bond motifs is 4. The molecule has 0 unspecified atom stereocenters. The van der Waals surface area contributed by atoms with E-state index in [1.54, 1.807) is 0 Å². The minimum Gasteiger partial charge on any atom is -0.0619 e. The zero-order valence-electron chi connectivity index (χ0n) is 12.7. The molecule has 0 spiro atoms. The van der Waals surface area contributed by atoms with E-state index in [0.717, 1.165) is 6.42 Å². The molecular formula is C23H15. The van der Waals surface area contributed by atoms with Gasteiger partial charge >= 0.3 is 0 Å². The van der Waals surface area contributed by atoms with Gasteiger partial charge in [-0.05, 0) is 56.6 Å². The molecule has 0 heteroatoms. The van der Waals surface area contributed by atoms with Crippen LogP contribution in [0.15, 0.2) is 78.9 Å². The van der Waals surface area contributed by atoms with E-state index >= 15 is 0 Å². The SMILES string of the molecule is [c]1c(-c2cccc3c2Cc2ccccc2-3)ccc2ccccc12. The van der Waals surface area contributed by atoms with Gasteiger partial charge in [-0.2, -0.15) is 0 Å². The largest absolute Gasteiger partial charge is 0.0619 e. The first-order chi connectivity index (χ1) is 11.4. The predicted octanol–water partition coefficient (Wildman–Crippen LogP) is 5.88. The molecule has 1 aliphatic rings. The maximum atomic E-state index is 3.60. The van der Waals surface area contributed by atoms with Crippen molar-refractivity contribution < 1.29 is 0 Å². The molecule has 0 nitrogen and oxygen atoms in total. The minimum atomic E-state index is 1.02. The molecule has 0 saturated carbocycles. The fraction of sp³-hybridized carbons (Fsp3) is 0.0435. The summed E-state index contributed by atoms with van der Waals surface area (Å²) in [6.07, 6.45) is 1.02. The standard InChI is InChI=1S/C23H15/c1-2-7-17-14-19(13-12-16(17)6-1)21-10-5-11-22-20-9-4-3-8-18(20)15-23(21)22/h1-13H,15H2. The summed E-state index contributed by atoms with van der Waals surface area (Å²) >= 11 is 0. The van der Waals surface area contributed by atoms with E-state index in [1.165, 1.54) is 44.2 Å². The lowest BCUT2D eigenvalue weighted by molar-refractivity contribution is 1.26. The lowest BCUT2D eigenvalue weighted by Crippen LogP contribution is -1.88.